The van der Waals surface area contributed by atoms with Gasteiger partial charge in [-0.3, -0.25) is 19.4 Å². The fourth-order valence-electron chi connectivity index (χ4n) is 5.65. The van der Waals surface area contributed by atoms with Gasteiger partial charge >= 0.3 is 6.18 Å². The molecule has 1 unspecified atom stereocenters. The van der Waals surface area contributed by atoms with Crippen molar-refractivity contribution in [2.75, 3.05) is 36.5 Å². The van der Waals surface area contributed by atoms with Gasteiger partial charge in [-0.2, -0.15) is 13.2 Å². The molecular formula is C33H38Cl2F3N5O5. The lowest BCUT2D eigenvalue weighted by Gasteiger charge is -2.27. The minimum Gasteiger partial charge on any atom is -0.493 e. The van der Waals surface area contributed by atoms with Crippen LogP contribution in [0, 0.1) is 5.41 Å². The van der Waals surface area contributed by atoms with Crippen LogP contribution >= 0.6 is 24.8 Å². The van der Waals surface area contributed by atoms with Crippen LogP contribution in [0.2, 0.25) is 0 Å². The van der Waals surface area contributed by atoms with Gasteiger partial charge < -0.3 is 28.8 Å². The zero-order valence-electron chi connectivity index (χ0n) is 26.9. The summed E-state index contributed by atoms with van der Waals surface area (Å²) >= 11 is 0. The van der Waals surface area contributed by atoms with Gasteiger partial charge in [0.25, 0.3) is 5.56 Å². The van der Waals surface area contributed by atoms with Crippen molar-refractivity contribution in [3.8, 4) is 5.75 Å². The number of nitrogens with one attached hydrogen (secondary N) is 1. The van der Waals surface area contributed by atoms with Crippen molar-refractivity contribution < 1.29 is 31.9 Å². The molecule has 1 aromatic carbocycles. The van der Waals surface area contributed by atoms with Gasteiger partial charge in [-0.1, -0.05) is 0 Å². The highest BCUT2D eigenvalue weighted by atomic mass is 35.5. The van der Waals surface area contributed by atoms with Gasteiger partial charge in [0.05, 0.1) is 23.4 Å². The van der Waals surface area contributed by atoms with Gasteiger partial charge in [-0.25, -0.2) is 0 Å². The first kappa shape index (κ1) is 38.4. The lowest BCUT2D eigenvalue weighted by atomic mass is 9.90. The molecule has 10 nitrogen and oxygen atoms in total. The molecule has 4 heterocycles. The van der Waals surface area contributed by atoms with Crippen molar-refractivity contribution in [2.24, 2.45) is 5.41 Å². The third-order valence-corrected chi connectivity index (χ3v) is 8.22. The van der Waals surface area contributed by atoms with Crippen LogP contribution in [-0.2, 0) is 22.3 Å². The summed E-state index contributed by atoms with van der Waals surface area (Å²) < 4.78 is 51.5. The van der Waals surface area contributed by atoms with Crippen LogP contribution in [0.1, 0.15) is 51.0 Å². The molecule has 0 radical (unpaired) electrons. The first-order chi connectivity index (χ1) is 21.8. The van der Waals surface area contributed by atoms with Crippen LogP contribution in [0.4, 0.5) is 24.5 Å². The van der Waals surface area contributed by atoms with Crippen molar-refractivity contribution >= 4 is 59.0 Å². The SMILES string of the molecule is CCN1C(=O)C(C)(C)C(=O)N(C)c2cc(OCCCNC(CCn3ccc4oc(C(F)(F)F)cc4c3=O)c3ccncc3)ccc21.Cl.Cl. The molecule has 0 saturated carbocycles. The second kappa shape index (κ2) is 15.4. The number of pyridine rings is 2. The summed E-state index contributed by atoms with van der Waals surface area (Å²) in [4.78, 5) is 46.3. The van der Waals surface area contributed by atoms with Crippen molar-refractivity contribution in [3.05, 3.63) is 82.7 Å². The third kappa shape index (κ3) is 7.79. The summed E-state index contributed by atoms with van der Waals surface area (Å²) in [5.41, 5.74) is 0.335. The second-order valence-electron chi connectivity index (χ2n) is 11.7. The molecule has 1 atom stereocenters. The van der Waals surface area contributed by atoms with Gasteiger partial charge in [-0.05, 0) is 76.1 Å². The van der Waals surface area contributed by atoms with Crippen LogP contribution < -0.4 is 25.4 Å². The molecule has 2 amide bonds. The number of hydrogen-bond acceptors (Lipinski definition) is 7. The molecule has 0 saturated heterocycles. The van der Waals surface area contributed by atoms with Crippen molar-refractivity contribution in [1.82, 2.24) is 14.9 Å². The molecule has 0 spiro atoms. The third-order valence-electron chi connectivity index (χ3n) is 8.22. The van der Waals surface area contributed by atoms with Gasteiger partial charge in [0.2, 0.25) is 17.6 Å². The fourth-order valence-corrected chi connectivity index (χ4v) is 5.65. The number of halogens is 5. The Morgan fingerprint density at radius 3 is 2.38 bits per heavy atom. The molecule has 3 aromatic heterocycles. The number of carbonyl (C=O) groups excluding carboxylic acids is 2. The number of alkyl halides is 3. The second-order valence-corrected chi connectivity index (χ2v) is 11.7. The molecule has 1 aliphatic rings. The van der Waals surface area contributed by atoms with Crippen LogP contribution in [0.3, 0.4) is 0 Å². The molecule has 260 valence electrons. The largest absolute Gasteiger partial charge is 0.493 e. The zero-order valence-corrected chi connectivity index (χ0v) is 28.5. The number of furan rings is 1. The summed E-state index contributed by atoms with van der Waals surface area (Å²) in [7, 11) is 1.66. The summed E-state index contributed by atoms with van der Waals surface area (Å²) in [6.07, 6.45) is 1.20. The quantitative estimate of drug-likeness (QED) is 0.142. The molecule has 48 heavy (non-hydrogen) atoms. The molecular weight excluding hydrogens is 674 g/mol. The molecule has 0 aliphatic carbocycles. The number of aryl methyl sites for hydroxylation is 1. The number of rotatable bonds is 11. The van der Waals surface area contributed by atoms with E-state index in [9.17, 15) is 27.6 Å². The van der Waals surface area contributed by atoms with Crippen LogP contribution in [0.5, 0.6) is 5.75 Å². The number of ether oxygens (including phenoxy) is 1. The van der Waals surface area contributed by atoms with E-state index in [1.807, 2.05) is 19.1 Å². The van der Waals surface area contributed by atoms with E-state index in [1.54, 1.807) is 56.4 Å². The van der Waals surface area contributed by atoms with Gasteiger partial charge in [-0.15, -0.1) is 24.8 Å². The molecule has 4 aromatic rings. The van der Waals surface area contributed by atoms with E-state index in [1.165, 1.54) is 21.7 Å². The molecule has 1 aliphatic heterocycles. The minimum absolute atomic E-state index is 0. The summed E-state index contributed by atoms with van der Waals surface area (Å²) in [5.74, 6) is -1.19. The van der Waals surface area contributed by atoms with E-state index in [4.69, 9.17) is 9.15 Å². The number of benzene rings is 1. The van der Waals surface area contributed by atoms with Crippen LogP contribution in [0.25, 0.3) is 11.0 Å². The maximum atomic E-state index is 13.1. The lowest BCUT2D eigenvalue weighted by Crippen LogP contribution is -2.47. The van der Waals surface area contributed by atoms with Crippen molar-refractivity contribution in [2.45, 2.75) is 52.4 Å². The Morgan fingerprint density at radius 1 is 1.00 bits per heavy atom. The first-order valence-corrected chi connectivity index (χ1v) is 15.0. The molecule has 0 fully saturated rings. The maximum Gasteiger partial charge on any atom is 0.449 e. The van der Waals surface area contributed by atoms with Gasteiger partial charge in [0, 0.05) is 56.9 Å². The van der Waals surface area contributed by atoms with E-state index in [0.29, 0.717) is 49.7 Å². The monoisotopic (exact) mass is 711 g/mol. The van der Waals surface area contributed by atoms with Crippen molar-refractivity contribution in [1.29, 1.82) is 0 Å². The Labute approximate surface area is 288 Å². The normalized spacial score (nSPS) is 15.0. The summed E-state index contributed by atoms with van der Waals surface area (Å²) in [6.45, 7) is 6.75. The van der Waals surface area contributed by atoms with Crippen LogP contribution in [-0.4, -0.2) is 48.1 Å². The van der Waals surface area contributed by atoms with E-state index < -0.39 is 22.9 Å². The fraction of sp³-hybridized carbons (Fsp3) is 0.394. The predicted molar refractivity (Wildman–Crippen MR) is 181 cm³/mol. The highest BCUT2D eigenvalue weighted by Crippen LogP contribution is 2.40. The van der Waals surface area contributed by atoms with Crippen molar-refractivity contribution in [3.63, 3.8) is 0 Å². The number of amides is 2. The number of carbonyl (C=O) groups is 2. The van der Waals surface area contributed by atoms with Gasteiger partial charge in [0.1, 0.15) is 16.7 Å². The Kier molecular flexibility index (Phi) is 12.3. The number of fused-ring (bicyclic) bond motifs is 2. The molecule has 5 rings (SSSR count). The van der Waals surface area contributed by atoms with Gasteiger partial charge in [0.15, 0.2) is 0 Å². The number of hydrogen-bond donors (Lipinski definition) is 1. The Hall–Kier alpha value is -4.07. The average Bonchev–Trinajstić information content (AvgIpc) is 3.48. The minimum atomic E-state index is -4.68. The summed E-state index contributed by atoms with van der Waals surface area (Å²) in [6, 6.07) is 11.0. The summed E-state index contributed by atoms with van der Waals surface area (Å²) in [5, 5.41) is 3.37. The average molecular weight is 713 g/mol. The van der Waals surface area contributed by atoms with E-state index in [-0.39, 0.29) is 60.2 Å². The number of anilines is 2. The smallest absolute Gasteiger partial charge is 0.449 e. The lowest BCUT2D eigenvalue weighted by molar-refractivity contribution is -0.152. The van der Waals surface area contributed by atoms with E-state index in [0.717, 1.165) is 11.6 Å². The Morgan fingerprint density at radius 2 is 1.71 bits per heavy atom. The topological polar surface area (TPSA) is 110 Å². The van der Waals surface area contributed by atoms with E-state index >= 15 is 0 Å². The molecule has 0 bridgehead atoms. The van der Waals surface area contributed by atoms with E-state index in [2.05, 4.69) is 10.3 Å². The highest BCUT2D eigenvalue weighted by molar-refractivity contribution is 6.20. The Bertz CT molecular complexity index is 1800. The maximum absolute atomic E-state index is 13.1. The molecule has 1 N–H and O–H groups in total. The molecule has 15 heteroatoms. The Balaban J connectivity index is 0.00000312. The predicted octanol–water partition coefficient (Wildman–Crippen LogP) is 6.40. The first-order valence-electron chi connectivity index (χ1n) is 15.0. The standard InChI is InChI=1S/C33H36F3N5O5.2ClH/c1-5-41-25-8-7-22(19-26(25)39(4)30(43)32(2,3)31(41)44)45-18-6-13-38-24(21-9-14-37-15-10-21)11-16-40-17-12-27-23(29(40)42)20-28(46-27)33(34,35)36;;/h7-10,12,14-15,17,19-20,24,38H,5-6,11,13,16,18H2,1-4H3;2*1H. The number of aromatic nitrogens is 2. The number of nitrogens with zero attached hydrogens (tertiary/aromatic N) is 4. The van der Waals surface area contributed by atoms with Crippen LogP contribution in [0.15, 0.2) is 70.3 Å². The zero-order chi connectivity index (χ0) is 33.2. The highest BCUT2D eigenvalue weighted by Gasteiger charge is 2.45.